The van der Waals surface area contributed by atoms with Gasteiger partial charge in [0.1, 0.15) is 6.33 Å². The van der Waals surface area contributed by atoms with Crippen molar-refractivity contribution in [1.82, 2.24) is 4.90 Å². The van der Waals surface area contributed by atoms with Gasteiger partial charge >= 0.3 is 0 Å². The van der Waals surface area contributed by atoms with E-state index in [4.69, 9.17) is 0 Å². The van der Waals surface area contributed by atoms with E-state index in [-0.39, 0.29) is 0 Å². The van der Waals surface area contributed by atoms with Gasteiger partial charge in [-0.2, -0.15) is 0 Å². The summed E-state index contributed by atoms with van der Waals surface area (Å²) in [4.78, 5) is 2.10. The Hall–Kier alpha value is -0.830. The molecule has 1 nitrogen and oxygen atoms in total. The molecule has 0 aromatic heterocycles. The van der Waals surface area contributed by atoms with Gasteiger partial charge in [-0.1, -0.05) is 28.1 Å². The molecule has 15 heavy (non-hydrogen) atoms. The predicted octanol–water partition coefficient (Wildman–Crippen LogP) is 3.81. The summed E-state index contributed by atoms with van der Waals surface area (Å²) >= 11 is 3.37. The lowest BCUT2D eigenvalue weighted by Crippen LogP contribution is -2.17. The molecule has 3 heteroatoms. The number of likely N-dealkylation sites (tertiary alicyclic amines) is 1. The van der Waals surface area contributed by atoms with Gasteiger partial charge in [0.2, 0.25) is 0 Å². The maximum Gasteiger partial charge on any atom is 0.111 e. The van der Waals surface area contributed by atoms with E-state index in [0.717, 1.165) is 36.0 Å². The van der Waals surface area contributed by atoms with Crippen molar-refractivity contribution in [2.45, 2.75) is 12.8 Å². The van der Waals surface area contributed by atoms with Crippen LogP contribution in [0.4, 0.5) is 4.39 Å². The standard InChI is InChI=1S/C12H13BrFN/c13-11-5-3-10(4-6-11)12(9-14)15-7-1-2-8-15/h3-6,9H,1-2,7-8H2/b12-9+. The summed E-state index contributed by atoms with van der Waals surface area (Å²) in [5.74, 6) is 0. The van der Waals surface area contributed by atoms with Crippen molar-refractivity contribution < 1.29 is 4.39 Å². The van der Waals surface area contributed by atoms with E-state index in [9.17, 15) is 4.39 Å². The summed E-state index contributed by atoms with van der Waals surface area (Å²) in [5.41, 5.74) is 1.66. The van der Waals surface area contributed by atoms with Crippen LogP contribution in [0.3, 0.4) is 0 Å². The van der Waals surface area contributed by atoms with Crippen LogP contribution in [0.25, 0.3) is 5.70 Å². The molecule has 0 atom stereocenters. The topological polar surface area (TPSA) is 3.24 Å². The second-order valence-electron chi connectivity index (χ2n) is 3.70. The van der Waals surface area contributed by atoms with Gasteiger partial charge in [0, 0.05) is 23.1 Å². The molecule has 1 aliphatic rings. The third kappa shape index (κ3) is 2.40. The average molecular weight is 270 g/mol. The SMILES string of the molecule is F/C=C(\c1ccc(Br)cc1)N1CCCC1. The molecule has 1 saturated heterocycles. The maximum atomic E-state index is 12.9. The summed E-state index contributed by atoms with van der Waals surface area (Å²) in [6.07, 6.45) is 3.04. The fourth-order valence-electron chi connectivity index (χ4n) is 1.89. The van der Waals surface area contributed by atoms with Gasteiger partial charge < -0.3 is 4.90 Å². The lowest BCUT2D eigenvalue weighted by atomic mass is 10.1. The third-order valence-corrected chi connectivity index (χ3v) is 3.22. The fourth-order valence-corrected chi connectivity index (χ4v) is 2.16. The highest BCUT2D eigenvalue weighted by Gasteiger charge is 2.16. The first-order valence-corrected chi connectivity index (χ1v) is 5.92. The first-order valence-electron chi connectivity index (χ1n) is 5.12. The summed E-state index contributed by atoms with van der Waals surface area (Å²) in [6, 6.07) is 7.76. The zero-order valence-corrected chi connectivity index (χ0v) is 10.0. The van der Waals surface area contributed by atoms with Gasteiger partial charge in [0.15, 0.2) is 0 Å². The van der Waals surface area contributed by atoms with Crippen molar-refractivity contribution in [3.05, 3.63) is 40.6 Å². The molecule has 0 aliphatic carbocycles. The Bertz CT molecular complexity index is 352. The minimum Gasteiger partial charge on any atom is -0.369 e. The largest absolute Gasteiger partial charge is 0.369 e. The van der Waals surface area contributed by atoms with Gasteiger partial charge in [-0.05, 0) is 25.0 Å². The fraction of sp³-hybridized carbons (Fsp3) is 0.333. The predicted molar refractivity (Wildman–Crippen MR) is 64.0 cm³/mol. The lowest BCUT2D eigenvalue weighted by molar-refractivity contribution is 0.483. The van der Waals surface area contributed by atoms with Crippen molar-refractivity contribution in [3.8, 4) is 0 Å². The summed E-state index contributed by atoms with van der Waals surface area (Å²) < 4.78 is 13.9. The molecule has 1 aromatic rings. The zero-order valence-electron chi connectivity index (χ0n) is 8.42. The van der Waals surface area contributed by atoms with Crippen molar-refractivity contribution in [3.63, 3.8) is 0 Å². The Labute approximate surface area is 97.7 Å². The molecule has 0 N–H and O–H groups in total. The second-order valence-corrected chi connectivity index (χ2v) is 4.61. The van der Waals surface area contributed by atoms with Crippen LogP contribution in [0.15, 0.2) is 35.1 Å². The van der Waals surface area contributed by atoms with E-state index in [1.807, 2.05) is 24.3 Å². The molecule has 0 saturated carbocycles. The molecule has 0 unspecified atom stereocenters. The second kappa shape index (κ2) is 4.79. The van der Waals surface area contributed by atoms with Crippen LogP contribution in [0.1, 0.15) is 18.4 Å². The number of hydrogen-bond donors (Lipinski definition) is 0. The van der Waals surface area contributed by atoms with Gasteiger partial charge in [-0.15, -0.1) is 0 Å². The maximum absolute atomic E-state index is 12.9. The molecular weight excluding hydrogens is 257 g/mol. The normalized spacial score (nSPS) is 17.2. The van der Waals surface area contributed by atoms with Crippen molar-refractivity contribution in [1.29, 1.82) is 0 Å². The van der Waals surface area contributed by atoms with Crippen molar-refractivity contribution >= 4 is 21.6 Å². The van der Waals surface area contributed by atoms with E-state index < -0.39 is 0 Å². The molecule has 2 rings (SSSR count). The third-order valence-electron chi connectivity index (χ3n) is 2.69. The number of hydrogen-bond acceptors (Lipinski definition) is 1. The van der Waals surface area contributed by atoms with Crippen LogP contribution in [-0.2, 0) is 0 Å². The van der Waals surface area contributed by atoms with Gasteiger partial charge in [-0.25, -0.2) is 4.39 Å². The summed E-state index contributed by atoms with van der Waals surface area (Å²) in [7, 11) is 0. The van der Waals surface area contributed by atoms with Crippen LogP contribution in [-0.4, -0.2) is 18.0 Å². The van der Waals surface area contributed by atoms with Gasteiger partial charge in [0.25, 0.3) is 0 Å². The molecule has 0 amide bonds. The number of halogens is 2. The van der Waals surface area contributed by atoms with Gasteiger partial charge in [0.05, 0.1) is 5.70 Å². The number of rotatable bonds is 2. The first-order chi connectivity index (χ1) is 7.31. The molecule has 1 fully saturated rings. The van der Waals surface area contributed by atoms with Crippen LogP contribution in [0.5, 0.6) is 0 Å². The molecule has 1 aromatic carbocycles. The Morgan fingerprint density at radius 2 is 1.80 bits per heavy atom. The van der Waals surface area contributed by atoms with Crippen molar-refractivity contribution in [2.75, 3.05) is 13.1 Å². The molecule has 0 spiro atoms. The molecule has 0 bridgehead atoms. The van der Waals surface area contributed by atoms with Gasteiger partial charge in [-0.3, -0.25) is 0 Å². The van der Waals surface area contributed by atoms with Crippen LogP contribution in [0, 0.1) is 0 Å². The Balaban J connectivity index is 2.23. The molecule has 0 radical (unpaired) electrons. The van der Waals surface area contributed by atoms with E-state index in [0.29, 0.717) is 12.0 Å². The van der Waals surface area contributed by atoms with E-state index in [2.05, 4.69) is 20.8 Å². The van der Waals surface area contributed by atoms with Crippen molar-refractivity contribution in [2.24, 2.45) is 0 Å². The minimum atomic E-state index is 0.708. The Morgan fingerprint density at radius 1 is 1.20 bits per heavy atom. The van der Waals surface area contributed by atoms with Crippen LogP contribution in [0.2, 0.25) is 0 Å². The summed E-state index contributed by atoms with van der Waals surface area (Å²) in [5, 5.41) is 0. The highest BCUT2D eigenvalue weighted by molar-refractivity contribution is 9.10. The van der Waals surface area contributed by atoms with Crippen LogP contribution >= 0.6 is 15.9 Å². The molecule has 1 heterocycles. The Kier molecular flexibility index (Phi) is 3.41. The summed E-state index contributed by atoms with van der Waals surface area (Å²) in [6.45, 7) is 1.93. The highest BCUT2D eigenvalue weighted by Crippen LogP contribution is 2.25. The monoisotopic (exact) mass is 269 g/mol. The quantitative estimate of drug-likeness (QED) is 0.789. The van der Waals surface area contributed by atoms with Crippen LogP contribution < -0.4 is 0 Å². The number of nitrogens with zero attached hydrogens (tertiary/aromatic N) is 1. The van der Waals surface area contributed by atoms with E-state index in [1.165, 1.54) is 0 Å². The van der Waals surface area contributed by atoms with E-state index in [1.54, 1.807) is 0 Å². The zero-order chi connectivity index (χ0) is 10.7. The number of benzene rings is 1. The smallest absolute Gasteiger partial charge is 0.111 e. The first kappa shape index (κ1) is 10.7. The Morgan fingerprint density at radius 3 is 2.33 bits per heavy atom. The average Bonchev–Trinajstić information content (AvgIpc) is 2.75. The lowest BCUT2D eigenvalue weighted by Gasteiger charge is -2.20. The molecule has 1 aliphatic heterocycles. The van der Waals surface area contributed by atoms with E-state index >= 15 is 0 Å². The minimum absolute atomic E-state index is 0.708. The highest BCUT2D eigenvalue weighted by atomic mass is 79.9. The molecule has 80 valence electrons. The molecular formula is C12H13BrFN.